The molecule has 0 N–H and O–H groups in total. The van der Waals surface area contributed by atoms with Crippen LogP contribution in [0.4, 0.5) is 0 Å². The van der Waals surface area contributed by atoms with Crippen LogP contribution in [0.1, 0.15) is 31.0 Å². The fourth-order valence-electron chi connectivity index (χ4n) is 2.24. The van der Waals surface area contributed by atoms with Gasteiger partial charge in [0.15, 0.2) is 0 Å². The van der Waals surface area contributed by atoms with Gasteiger partial charge < -0.3 is 4.74 Å². The summed E-state index contributed by atoms with van der Waals surface area (Å²) in [7, 11) is 0. The molecule has 0 aromatic carbocycles. The summed E-state index contributed by atoms with van der Waals surface area (Å²) >= 11 is 5.87. The number of aryl methyl sites for hydroxylation is 1. The Morgan fingerprint density at radius 3 is 2.78 bits per heavy atom. The van der Waals surface area contributed by atoms with Gasteiger partial charge in [0.05, 0.1) is 0 Å². The zero-order chi connectivity index (χ0) is 12.8. The lowest BCUT2D eigenvalue weighted by Gasteiger charge is -2.15. The average Bonchev–Trinajstić information content (AvgIpc) is 2.91. The van der Waals surface area contributed by atoms with Crippen molar-refractivity contribution < 1.29 is 4.74 Å². The van der Waals surface area contributed by atoms with Gasteiger partial charge in [0.1, 0.15) is 6.61 Å². The Morgan fingerprint density at radius 1 is 1.33 bits per heavy atom. The topological polar surface area (TPSA) is 25.4 Å². The lowest BCUT2D eigenvalue weighted by Crippen LogP contribution is -2.25. The number of alkyl halides is 1. The molecule has 1 aliphatic rings. The first-order chi connectivity index (χ1) is 8.81. The van der Waals surface area contributed by atoms with Crippen molar-refractivity contribution >= 4 is 11.6 Å². The zero-order valence-corrected chi connectivity index (χ0v) is 11.7. The van der Waals surface area contributed by atoms with Gasteiger partial charge in [0.25, 0.3) is 0 Å². The average molecular weight is 269 g/mol. The predicted octanol–water partition coefficient (Wildman–Crippen LogP) is 2.86. The van der Waals surface area contributed by atoms with Crippen LogP contribution in [0.25, 0.3) is 0 Å². The first kappa shape index (κ1) is 13.6. The van der Waals surface area contributed by atoms with Gasteiger partial charge >= 0.3 is 0 Å². The van der Waals surface area contributed by atoms with E-state index in [9.17, 15) is 0 Å². The first-order valence-corrected chi connectivity index (χ1v) is 7.26. The lowest BCUT2D eigenvalue weighted by molar-refractivity contribution is 0.231. The van der Waals surface area contributed by atoms with E-state index < -0.39 is 0 Å². The zero-order valence-electron chi connectivity index (χ0n) is 11.0. The summed E-state index contributed by atoms with van der Waals surface area (Å²) in [6.45, 7) is 6.21. The van der Waals surface area contributed by atoms with E-state index in [1.807, 2.05) is 12.1 Å². The Morgan fingerprint density at radius 2 is 2.11 bits per heavy atom. The van der Waals surface area contributed by atoms with Gasteiger partial charge in [-0.2, -0.15) is 0 Å². The minimum Gasteiger partial charge on any atom is -0.476 e. The molecule has 0 spiro atoms. The second-order valence-electron chi connectivity index (χ2n) is 4.69. The molecule has 0 aliphatic carbocycles. The molecular formula is C14H21ClN2O. The molecule has 0 atom stereocenters. The summed E-state index contributed by atoms with van der Waals surface area (Å²) in [5, 5.41) is 0. The Labute approximate surface area is 114 Å². The minimum absolute atomic E-state index is 0.512. The number of likely N-dealkylation sites (tertiary alicyclic amines) is 1. The van der Waals surface area contributed by atoms with Crippen LogP contribution in [0.15, 0.2) is 12.1 Å². The molecule has 2 rings (SSSR count). The van der Waals surface area contributed by atoms with Crippen molar-refractivity contribution in [2.45, 2.75) is 32.1 Å². The van der Waals surface area contributed by atoms with Gasteiger partial charge in [0.2, 0.25) is 5.88 Å². The van der Waals surface area contributed by atoms with Crippen molar-refractivity contribution in [1.82, 2.24) is 9.88 Å². The van der Waals surface area contributed by atoms with E-state index >= 15 is 0 Å². The molecule has 18 heavy (non-hydrogen) atoms. The third kappa shape index (κ3) is 3.85. The molecule has 1 fully saturated rings. The summed E-state index contributed by atoms with van der Waals surface area (Å²) in [6.07, 6.45) is 3.55. The van der Waals surface area contributed by atoms with Crippen molar-refractivity contribution in [2.75, 3.05) is 26.2 Å². The van der Waals surface area contributed by atoms with Gasteiger partial charge in [-0.25, -0.2) is 4.98 Å². The standard InChI is InChI=1S/C14H21ClN2O/c1-2-13-9-12(11-15)10-14(16-13)18-8-7-17-5-3-4-6-17/h9-10H,2-8,11H2,1H3. The smallest absolute Gasteiger partial charge is 0.213 e. The lowest BCUT2D eigenvalue weighted by atomic mass is 10.2. The van der Waals surface area contributed by atoms with Gasteiger partial charge in [-0.15, -0.1) is 11.6 Å². The molecule has 0 saturated carbocycles. The third-order valence-corrected chi connectivity index (χ3v) is 3.60. The molecule has 2 heterocycles. The first-order valence-electron chi connectivity index (χ1n) is 6.72. The second kappa shape index (κ2) is 6.95. The summed E-state index contributed by atoms with van der Waals surface area (Å²) in [5.41, 5.74) is 2.13. The Hall–Kier alpha value is -0.800. The molecule has 100 valence electrons. The van der Waals surface area contributed by atoms with Gasteiger partial charge in [-0.05, 0) is 44.0 Å². The molecule has 0 unspecified atom stereocenters. The largest absolute Gasteiger partial charge is 0.476 e. The van der Waals surface area contributed by atoms with Gasteiger partial charge in [-0.3, -0.25) is 4.90 Å². The normalized spacial score (nSPS) is 16.1. The molecule has 1 saturated heterocycles. The monoisotopic (exact) mass is 268 g/mol. The molecule has 4 heteroatoms. The number of ether oxygens (including phenoxy) is 1. The summed E-state index contributed by atoms with van der Waals surface area (Å²) in [5.74, 6) is 1.22. The van der Waals surface area contributed by atoms with E-state index in [0.29, 0.717) is 18.4 Å². The van der Waals surface area contributed by atoms with Crippen molar-refractivity contribution in [2.24, 2.45) is 0 Å². The second-order valence-corrected chi connectivity index (χ2v) is 4.96. The van der Waals surface area contributed by atoms with Crippen LogP contribution in [-0.2, 0) is 12.3 Å². The number of rotatable bonds is 6. The minimum atomic E-state index is 0.512. The van der Waals surface area contributed by atoms with E-state index in [0.717, 1.165) is 24.2 Å². The predicted molar refractivity (Wildman–Crippen MR) is 74.3 cm³/mol. The van der Waals surface area contributed by atoms with Crippen LogP contribution >= 0.6 is 11.6 Å². The van der Waals surface area contributed by atoms with E-state index in [4.69, 9.17) is 16.3 Å². The Balaban J connectivity index is 1.87. The van der Waals surface area contributed by atoms with Crippen LogP contribution in [0, 0.1) is 0 Å². The van der Waals surface area contributed by atoms with Crippen LogP contribution in [-0.4, -0.2) is 36.1 Å². The highest BCUT2D eigenvalue weighted by atomic mass is 35.5. The molecule has 0 amide bonds. The highest BCUT2D eigenvalue weighted by molar-refractivity contribution is 6.17. The number of hydrogen-bond donors (Lipinski definition) is 0. The van der Waals surface area contributed by atoms with E-state index in [2.05, 4.69) is 16.8 Å². The molecule has 0 radical (unpaired) electrons. The Kier molecular flexibility index (Phi) is 5.26. The van der Waals surface area contributed by atoms with E-state index in [1.165, 1.54) is 25.9 Å². The quantitative estimate of drug-likeness (QED) is 0.742. The fourth-order valence-corrected chi connectivity index (χ4v) is 2.39. The van der Waals surface area contributed by atoms with Crippen LogP contribution < -0.4 is 4.74 Å². The summed E-state index contributed by atoms with van der Waals surface area (Å²) in [6, 6.07) is 3.98. The maximum atomic E-state index is 5.87. The number of hydrogen-bond acceptors (Lipinski definition) is 3. The molecule has 0 bridgehead atoms. The highest BCUT2D eigenvalue weighted by Crippen LogP contribution is 2.15. The molecule has 1 aromatic heterocycles. The van der Waals surface area contributed by atoms with Crippen LogP contribution in [0.2, 0.25) is 0 Å². The summed E-state index contributed by atoms with van der Waals surface area (Å²) < 4.78 is 5.74. The van der Waals surface area contributed by atoms with Crippen molar-refractivity contribution in [3.05, 3.63) is 23.4 Å². The number of aromatic nitrogens is 1. The van der Waals surface area contributed by atoms with E-state index in [1.54, 1.807) is 0 Å². The van der Waals surface area contributed by atoms with Gasteiger partial charge in [0, 0.05) is 24.2 Å². The maximum absolute atomic E-state index is 5.87. The highest BCUT2D eigenvalue weighted by Gasteiger charge is 2.11. The molecule has 1 aromatic rings. The molecule has 1 aliphatic heterocycles. The SMILES string of the molecule is CCc1cc(CCl)cc(OCCN2CCCC2)n1. The molecule has 3 nitrogen and oxygen atoms in total. The van der Waals surface area contributed by atoms with Crippen molar-refractivity contribution in [3.63, 3.8) is 0 Å². The van der Waals surface area contributed by atoms with Gasteiger partial charge in [-0.1, -0.05) is 6.92 Å². The van der Waals surface area contributed by atoms with E-state index in [-0.39, 0.29) is 0 Å². The molecular weight excluding hydrogens is 248 g/mol. The van der Waals surface area contributed by atoms with Crippen molar-refractivity contribution in [3.8, 4) is 5.88 Å². The number of pyridine rings is 1. The number of nitrogens with zero attached hydrogens (tertiary/aromatic N) is 2. The van der Waals surface area contributed by atoms with Crippen LogP contribution in [0.3, 0.4) is 0 Å². The maximum Gasteiger partial charge on any atom is 0.213 e. The number of halogens is 1. The Bertz CT molecular complexity index is 356. The third-order valence-electron chi connectivity index (χ3n) is 3.29. The summed E-state index contributed by atoms with van der Waals surface area (Å²) in [4.78, 5) is 6.90. The fraction of sp³-hybridized carbons (Fsp3) is 0.643. The van der Waals surface area contributed by atoms with Crippen molar-refractivity contribution in [1.29, 1.82) is 0 Å². The van der Waals surface area contributed by atoms with Crippen LogP contribution in [0.5, 0.6) is 5.88 Å².